The number of hydrogen-bond acceptors (Lipinski definition) is 4. The van der Waals surface area contributed by atoms with Crippen LogP contribution in [0.25, 0.3) is 0 Å². The maximum absolute atomic E-state index is 12.7. The van der Waals surface area contributed by atoms with Gasteiger partial charge in [-0.2, -0.15) is 0 Å². The molecular weight excluding hydrogens is 434 g/mol. The van der Waals surface area contributed by atoms with E-state index in [1.807, 2.05) is 135 Å². The van der Waals surface area contributed by atoms with Gasteiger partial charge >= 0.3 is 0 Å². The highest BCUT2D eigenvalue weighted by Gasteiger charge is 2.60. The molecule has 4 aromatic carbocycles. The molecule has 0 spiro atoms. The van der Waals surface area contributed by atoms with Gasteiger partial charge in [0, 0.05) is 0 Å². The van der Waals surface area contributed by atoms with Crippen molar-refractivity contribution in [1.82, 2.24) is 0 Å². The summed E-state index contributed by atoms with van der Waals surface area (Å²) in [7, 11) is 0. The fourth-order valence-corrected chi connectivity index (χ4v) is 5.20. The topological polar surface area (TPSA) is 64.7 Å². The Balaban J connectivity index is 1.76. The van der Waals surface area contributed by atoms with Crippen molar-refractivity contribution in [3.8, 4) is 0 Å². The number of nitrogens with two attached hydrogens (primary N) is 1. The highest BCUT2D eigenvalue weighted by Crippen LogP contribution is 2.49. The van der Waals surface area contributed by atoms with Crippen molar-refractivity contribution < 1.29 is 14.6 Å². The third-order valence-electron chi connectivity index (χ3n) is 6.89. The second kappa shape index (κ2) is 9.06. The Hall–Kier alpha value is -3.28. The van der Waals surface area contributed by atoms with Gasteiger partial charge in [-0.3, -0.25) is 0 Å². The first-order valence-corrected chi connectivity index (χ1v) is 11.9. The van der Waals surface area contributed by atoms with Crippen molar-refractivity contribution in [3.05, 3.63) is 144 Å². The van der Waals surface area contributed by atoms with Crippen LogP contribution in [-0.4, -0.2) is 23.1 Å². The van der Waals surface area contributed by atoms with Crippen molar-refractivity contribution in [3.63, 3.8) is 0 Å². The lowest BCUT2D eigenvalue weighted by atomic mass is 9.70. The van der Waals surface area contributed by atoms with Gasteiger partial charge < -0.3 is 20.3 Å². The van der Waals surface area contributed by atoms with Crippen LogP contribution in [0.3, 0.4) is 0 Å². The van der Waals surface area contributed by atoms with Crippen molar-refractivity contribution in [2.24, 2.45) is 5.73 Å². The van der Waals surface area contributed by atoms with Gasteiger partial charge in [-0.25, -0.2) is 0 Å². The summed E-state index contributed by atoms with van der Waals surface area (Å²) in [6, 6.07) is 39.0. The molecule has 0 amide bonds. The monoisotopic (exact) mass is 465 g/mol. The molecule has 4 heteroatoms. The molecule has 1 aliphatic heterocycles. The summed E-state index contributed by atoms with van der Waals surface area (Å²) in [4.78, 5) is 0. The first-order valence-electron chi connectivity index (χ1n) is 11.9. The zero-order chi connectivity index (χ0) is 24.5. The van der Waals surface area contributed by atoms with Crippen LogP contribution < -0.4 is 5.73 Å². The van der Waals surface area contributed by atoms with Crippen LogP contribution in [0.15, 0.2) is 121 Å². The molecule has 5 rings (SSSR count). The van der Waals surface area contributed by atoms with E-state index in [-0.39, 0.29) is 0 Å². The van der Waals surface area contributed by atoms with E-state index in [0.717, 1.165) is 11.1 Å². The average molecular weight is 466 g/mol. The summed E-state index contributed by atoms with van der Waals surface area (Å²) in [5.74, 6) is -0.971. The third-order valence-corrected chi connectivity index (χ3v) is 6.89. The van der Waals surface area contributed by atoms with Gasteiger partial charge in [0.2, 0.25) is 0 Å². The lowest BCUT2D eigenvalue weighted by Gasteiger charge is -2.43. The molecule has 0 aromatic heterocycles. The molecule has 1 fully saturated rings. The van der Waals surface area contributed by atoms with E-state index < -0.39 is 29.1 Å². The molecule has 2 atom stereocenters. The van der Waals surface area contributed by atoms with Crippen LogP contribution in [0, 0.1) is 0 Å². The third kappa shape index (κ3) is 4.09. The molecule has 0 radical (unpaired) electrons. The molecule has 4 aromatic rings. The normalized spacial score (nSPS) is 20.0. The fraction of sp³-hybridized carbons (Fsp3) is 0.226. The van der Waals surface area contributed by atoms with Crippen LogP contribution in [0.5, 0.6) is 0 Å². The minimum absolute atomic E-state index is 0.714. The second-order valence-electron chi connectivity index (χ2n) is 9.58. The predicted molar refractivity (Wildman–Crippen MR) is 138 cm³/mol. The molecule has 4 nitrogen and oxygen atoms in total. The minimum Gasteiger partial charge on any atom is -0.378 e. The van der Waals surface area contributed by atoms with Crippen LogP contribution >= 0.6 is 0 Å². The average Bonchev–Trinajstić information content (AvgIpc) is 3.26. The van der Waals surface area contributed by atoms with Crippen molar-refractivity contribution in [2.45, 2.75) is 43.0 Å². The molecule has 1 aliphatic rings. The van der Waals surface area contributed by atoms with Crippen LogP contribution in [0.1, 0.15) is 36.1 Å². The zero-order valence-corrected chi connectivity index (χ0v) is 20.0. The Labute approximate surface area is 207 Å². The molecule has 0 unspecified atom stereocenters. The lowest BCUT2D eigenvalue weighted by Crippen LogP contribution is -2.58. The second-order valence-corrected chi connectivity index (χ2v) is 9.58. The molecule has 3 N–H and O–H groups in total. The number of rotatable bonds is 6. The van der Waals surface area contributed by atoms with Crippen LogP contribution in [0.2, 0.25) is 0 Å². The van der Waals surface area contributed by atoms with E-state index >= 15 is 0 Å². The standard InChI is InChI=1S/C31H31NO3/c1-29(2)34-27(30(32,23-15-7-3-8-16-23)24-17-9-4-10-18-24)28(35-29)31(33,25-19-11-5-12-20-25)26-21-13-6-14-22-26/h3-22,27-28,33H,32H2,1-2H3/t27-,28-/m1/s1. The number of benzene rings is 4. The molecule has 0 aliphatic carbocycles. The van der Waals surface area contributed by atoms with Gasteiger partial charge in [0.25, 0.3) is 0 Å². The Bertz CT molecular complexity index is 1070. The Morgan fingerprint density at radius 3 is 1.26 bits per heavy atom. The van der Waals surface area contributed by atoms with Crippen molar-refractivity contribution >= 4 is 0 Å². The van der Waals surface area contributed by atoms with Crippen LogP contribution in [-0.2, 0) is 20.6 Å². The predicted octanol–water partition coefficient (Wildman–Crippen LogP) is 5.35. The SMILES string of the molecule is CC1(C)O[C@@H](C(N)(c2ccccc2)c2ccccc2)[C@H](C(O)(c2ccccc2)c2ccccc2)O1. The van der Waals surface area contributed by atoms with E-state index in [2.05, 4.69) is 0 Å². The molecule has 1 saturated heterocycles. The largest absolute Gasteiger partial charge is 0.378 e. The summed E-state index contributed by atoms with van der Waals surface area (Å²) >= 11 is 0. The maximum atomic E-state index is 12.7. The van der Waals surface area contributed by atoms with E-state index in [4.69, 9.17) is 15.2 Å². The summed E-state index contributed by atoms with van der Waals surface area (Å²) in [6.45, 7) is 3.74. The van der Waals surface area contributed by atoms with E-state index in [1.165, 1.54) is 0 Å². The summed E-state index contributed by atoms with van der Waals surface area (Å²) in [5, 5.41) is 12.7. The van der Waals surface area contributed by atoms with Gasteiger partial charge in [0.1, 0.15) is 17.8 Å². The number of aliphatic hydroxyl groups is 1. The minimum atomic E-state index is -1.52. The Morgan fingerprint density at radius 2 is 0.886 bits per heavy atom. The highest BCUT2D eigenvalue weighted by atomic mass is 16.8. The molecule has 0 saturated carbocycles. The number of hydrogen-bond donors (Lipinski definition) is 2. The van der Waals surface area contributed by atoms with Crippen LogP contribution in [0.4, 0.5) is 0 Å². The summed E-state index contributed by atoms with van der Waals surface area (Å²) < 4.78 is 13.2. The first-order chi connectivity index (χ1) is 16.9. The van der Waals surface area contributed by atoms with Crippen molar-refractivity contribution in [1.29, 1.82) is 0 Å². The summed E-state index contributed by atoms with van der Waals surface area (Å²) in [5.41, 5.74) is 7.97. The van der Waals surface area contributed by atoms with Gasteiger partial charge in [0.15, 0.2) is 5.79 Å². The maximum Gasteiger partial charge on any atom is 0.164 e. The molecule has 1 heterocycles. The van der Waals surface area contributed by atoms with Crippen molar-refractivity contribution in [2.75, 3.05) is 0 Å². The Morgan fingerprint density at radius 1 is 0.571 bits per heavy atom. The quantitative estimate of drug-likeness (QED) is 0.403. The number of ether oxygens (including phenoxy) is 2. The molecule has 35 heavy (non-hydrogen) atoms. The molecule has 178 valence electrons. The fourth-order valence-electron chi connectivity index (χ4n) is 5.20. The van der Waals surface area contributed by atoms with E-state index in [9.17, 15) is 5.11 Å². The van der Waals surface area contributed by atoms with Gasteiger partial charge in [0.05, 0.1) is 5.54 Å². The van der Waals surface area contributed by atoms with Gasteiger partial charge in [-0.1, -0.05) is 121 Å². The highest BCUT2D eigenvalue weighted by molar-refractivity contribution is 5.44. The zero-order valence-electron chi connectivity index (χ0n) is 20.0. The lowest BCUT2D eigenvalue weighted by molar-refractivity contribution is -0.167. The summed E-state index contributed by atoms with van der Waals surface area (Å²) in [6.07, 6.45) is -1.53. The van der Waals surface area contributed by atoms with Gasteiger partial charge in [-0.15, -0.1) is 0 Å². The van der Waals surface area contributed by atoms with E-state index in [1.54, 1.807) is 0 Å². The Kier molecular flexibility index (Phi) is 6.07. The van der Waals surface area contributed by atoms with E-state index in [0.29, 0.717) is 11.1 Å². The smallest absolute Gasteiger partial charge is 0.164 e. The molecule has 0 bridgehead atoms. The first kappa shape index (κ1) is 23.5. The van der Waals surface area contributed by atoms with Gasteiger partial charge in [-0.05, 0) is 36.1 Å². The molecular formula is C31H31NO3.